The number of carbonyl (C=O) groups excluding carboxylic acids is 1. The number of amides is 1. The largest absolute Gasteiger partial charge is 0.495 e. The van der Waals surface area contributed by atoms with Gasteiger partial charge in [0.05, 0.1) is 30.0 Å². The minimum Gasteiger partial charge on any atom is -0.495 e. The second kappa shape index (κ2) is 6.74. The third-order valence-corrected chi connectivity index (χ3v) is 3.94. The Balaban J connectivity index is 2.32. The lowest BCUT2D eigenvalue weighted by Crippen LogP contribution is -2.13. The maximum atomic E-state index is 12.3. The van der Waals surface area contributed by atoms with Gasteiger partial charge in [-0.15, -0.1) is 0 Å². The molecule has 106 valence electrons. The predicted molar refractivity (Wildman–Crippen MR) is 87.5 cm³/mol. The van der Waals surface area contributed by atoms with Crippen molar-refractivity contribution in [1.82, 2.24) is 0 Å². The van der Waals surface area contributed by atoms with E-state index in [9.17, 15) is 4.79 Å². The van der Waals surface area contributed by atoms with Crippen LogP contribution in [0.2, 0.25) is 0 Å². The number of nitriles is 1. The van der Waals surface area contributed by atoms with E-state index in [4.69, 9.17) is 10.00 Å². The van der Waals surface area contributed by atoms with E-state index in [-0.39, 0.29) is 5.91 Å². The normalized spacial score (nSPS) is 9.81. The van der Waals surface area contributed by atoms with Gasteiger partial charge in [0.1, 0.15) is 5.75 Å². The summed E-state index contributed by atoms with van der Waals surface area (Å²) < 4.78 is 6.69. The molecule has 0 aliphatic rings. The van der Waals surface area contributed by atoms with Gasteiger partial charge >= 0.3 is 0 Å². The van der Waals surface area contributed by atoms with Crippen molar-refractivity contribution in [1.29, 1.82) is 5.26 Å². The van der Waals surface area contributed by atoms with Crippen molar-refractivity contribution < 1.29 is 9.53 Å². The van der Waals surface area contributed by atoms with E-state index < -0.39 is 0 Å². The molecule has 2 rings (SSSR count). The van der Waals surface area contributed by atoms with Gasteiger partial charge in [-0.2, -0.15) is 5.26 Å². The first-order chi connectivity index (χ1) is 10.0. The molecule has 1 amide bonds. The van der Waals surface area contributed by atoms with Crippen LogP contribution in [0.3, 0.4) is 0 Å². The summed E-state index contributed by atoms with van der Waals surface area (Å²) in [6.45, 7) is 0. The first kappa shape index (κ1) is 15.5. The van der Waals surface area contributed by atoms with Crippen LogP contribution in [0.25, 0.3) is 0 Å². The number of carbonyl (C=O) groups is 1. The molecule has 0 saturated heterocycles. The summed E-state index contributed by atoms with van der Waals surface area (Å²) in [6.07, 6.45) is 0. The van der Waals surface area contributed by atoms with E-state index in [0.717, 1.165) is 4.47 Å². The van der Waals surface area contributed by atoms with Crippen LogP contribution in [0.15, 0.2) is 45.3 Å². The molecule has 6 heteroatoms. The second-order valence-electron chi connectivity index (χ2n) is 4.11. The highest BCUT2D eigenvalue weighted by atomic mass is 79.9. The van der Waals surface area contributed by atoms with Crippen molar-refractivity contribution in [3.8, 4) is 11.8 Å². The zero-order valence-corrected chi connectivity index (χ0v) is 14.2. The fourth-order valence-corrected chi connectivity index (χ4v) is 2.51. The van der Waals surface area contributed by atoms with Gasteiger partial charge in [0.2, 0.25) is 0 Å². The van der Waals surface area contributed by atoms with E-state index >= 15 is 0 Å². The lowest BCUT2D eigenvalue weighted by atomic mass is 10.1. The quantitative estimate of drug-likeness (QED) is 0.819. The highest BCUT2D eigenvalue weighted by Gasteiger charge is 2.13. The Hall–Kier alpha value is -1.84. The lowest BCUT2D eigenvalue weighted by Gasteiger charge is -2.11. The van der Waals surface area contributed by atoms with Crippen molar-refractivity contribution >= 4 is 43.5 Å². The van der Waals surface area contributed by atoms with Gasteiger partial charge in [-0.3, -0.25) is 4.79 Å². The highest BCUT2D eigenvalue weighted by Crippen LogP contribution is 2.27. The number of halogens is 2. The van der Waals surface area contributed by atoms with Gasteiger partial charge in [-0.25, -0.2) is 0 Å². The van der Waals surface area contributed by atoms with Crippen LogP contribution in [0, 0.1) is 11.3 Å². The standard InChI is InChI=1S/C15H10Br2N2O2/c1-21-14-6-9(8-18)2-5-13(14)19-15(20)11-7-10(16)3-4-12(11)17/h2-7H,1H3,(H,19,20). The first-order valence-electron chi connectivity index (χ1n) is 5.89. The molecule has 0 radical (unpaired) electrons. The molecular weight excluding hydrogens is 400 g/mol. The van der Waals surface area contributed by atoms with Crippen LogP contribution in [-0.2, 0) is 0 Å². The number of ether oxygens (including phenoxy) is 1. The molecule has 4 nitrogen and oxygen atoms in total. The molecule has 2 aromatic rings. The summed E-state index contributed by atoms with van der Waals surface area (Å²) in [7, 11) is 1.49. The van der Waals surface area contributed by atoms with Gasteiger partial charge in [-0.1, -0.05) is 15.9 Å². The SMILES string of the molecule is COc1cc(C#N)ccc1NC(=O)c1cc(Br)ccc1Br. The van der Waals surface area contributed by atoms with Crippen LogP contribution in [-0.4, -0.2) is 13.0 Å². The van der Waals surface area contributed by atoms with Crippen molar-refractivity contribution in [2.75, 3.05) is 12.4 Å². The maximum Gasteiger partial charge on any atom is 0.256 e. The Morgan fingerprint density at radius 3 is 2.67 bits per heavy atom. The van der Waals surface area contributed by atoms with Gasteiger partial charge in [-0.05, 0) is 46.3 Å². The van der Waals surface area contributed by atoms with E-state index in [1.54, 1.807) is 30.3 Å². The minimum absolute atomic E-state index is 0.272. The molecule has 2 aromatic carbocycles. The molecule has 21 heavy (non-hydrogen) atoms. The number of nitrogens with zero attached hydrogens (tertiary/aromatic N) is 1. The van der Waals surface area contributed by atoms with Crippen LogP contribution in [0.1, 0.15) is 15.9 Å². The maximum absolute atomic E-state index is 12.3. The molecule has 0 heterocycles. The number of methoxy groups -OCH3 is 1. The van der Waals surface area contributed by atoms with Gasteiger partial charge in [0.25, 0.3) is 5.91 Å². The number of hydrogen-bond donors (Lipinski definition) is 1. The Morgan fingerprint density at radius 2 is 2.00 bits per heavy atom. The van der Waals surface area contributed by atoms with Crippen molar-refractivity contribution in [2.24, 2.45) is 0 Å². The van der Waals surface area contributed by atoms with Gasteiger partial charge < -0.3 is 10.1 Å². The lowest BCUT2D eigenvalue weighted by molar-refractivity contribution is 0.102. The summed E-state index contributed by atoms with van der Waals surface area (Å²) >= 11 is 6.68. The number of anilines is 1. The van der Waals surface area contributed by atoms with Crippen molar-refractivity contribution in [3.05, 3.63) is 56.5 Å². The molecule has 0 fully saturated rings. The van der Waals surface area contributed by atoms with E-state index in [1.807, 2.05) is 12.1 Å². The zero-order valence-electron chi connectivity index (χ0n) is 11.0. The summed E-state index contributed by atoms with van der Waals surface area (Å²) in [6, 6.07) is 12.2. The topological polar surface area (TPSA) is 62.1 Å². The average molecular weight is 410 g/mol. The molecule has 0 unspecified atom stereocenters. The van der Waals surface area contributed by atoms with E-state index in [2.05, 4.69) is 37.2 Å². The van der Waals surface area contributed by atoms with Crippen LogP contribution in [0.5, 0.6) is 5.75 Å². The molecule has 0 atom stereocenters. The smallest absolute Gasteiger partial charge is 0.256 e. The van der Waals surface area contributed by atoms with Gasteiger partial charge in [0.15, 0.2) is 0 Å². The average Bonchev–Trinajstić information content (AvgIpc) is 2.49. The fraction of sp³-hybridized carbons (Fsp3) is 0.0667. The summed E-state index contributed by atoms with van der Waals surface area (Å²) in [4.78, 5) is 12.3. The van der Waals surface area contributed by atoms with Crippen LogP contribution < -0.4 is 10.1 Å². The number of nitrogens with one attached hydrogen (secondary N) is 1. The minimum atomic E-state index is -0.272. The molecule has 0 aromatic heterocycles. The third kappa shape index (κ3) is 3.63. The number of rotatable bonds is 3. The Labute approximate surface area is 139 Å². The van der Waals surface area contributed by atoms with Crippen molar-refractivity contribution in [3.63, 3.8) is 0 Å². The molecule has 0 aliphatic carbocycles. The van der Waals surface area contributed by atoms with E-state index in [1.165, 1.54) is 7.11 Å². The fourth-order valence-electron chi connectivity index (χ4n) is 1.73. The van der Waals surface area contributed by atoms with Crippen LogP contribution in [0.4, 0.5) is 5.69 Å². The number of benzene rings is 2. The van der Waals surface area contributed by atoms with Gasteiger partial charge in [0, 0.05) is 15.0 Å². The summed E-state index contributed by atoms with van der Waals surface area (Å²) in [5.74, 6) is 0.166. The second-order valence-corrected chi connectivity index (χ2v) is 5.88. The van der Waals surface area contributed by atoms with Crippen LogP contribution >= 0.6 is 31.9 Å². The monoisotopic (exact) mass is 408 g/mol. The Bertz CT molecular complexity index is 739. The van der Waals surface area contributed by atoms with E-state index in [0.29, 0.717) is 27.0 Å². The zero-order chi connectivity index (χ0) is 15.4. The first-order valence-corrected chi connectivity index (χ1v) is 7.48. The highest BCUT2D eigenvalue weighted by molar-refractivity contribution is 9.11. The third-order valence-electron chi connectivity index (χ3n) is 2.75. The van der Waals surface area contributed by atoms with Crippen molar-refractivity contribution in [2.45, 2.75) is 0 Å². The molecule has 0 spiro atoms. The summed E-state index contributed by atoms with van der Waals surface area (Å²) in [5, 5.41) is 11.6. The Kier molecular flexibility index (Phi) is 4.99. The predicted octanol–water partition coefficient (Wildman–Crippen LogP) is 4.34. The number of hydrogen-bond acceptors (Lipinski definition) is 3. The Morgan fingerprint density at radius 1 is 1.24 bits per heavy atom. The molecule has 0 bridgehead atoms. The molecule has 1 N–H and O–H groups in total. The molecule has 0 saturated carbocycles. The molecule has 0 aliphatic heterocycles. The summed E-state index contributed by atoms with van der Waals surface area (Å²) in [5.41, 5.74) is 1.47. The molecular formula is C15H10Br2N2O2.